The summed E-state index contributed by atoms with van der Waals surface area (Å²) >= 11 is 18.6. The monoisotopic (exact) mass is 478 g/mol. The molecule has 2 atom stereocenters. The number of carbonyl (C=O) groups excluding carboxylic acids is 2. The minimum atomic E-state index is -0.325. The maximum absolute atomic E-state index is 13.1. The molecule has 0 unspecified atom stereocenters. The normalized spacial score (nSPS) is 21.9. The van der Waals surface area contributed by atoms with E-state index in [1.807, 2.05) is 31.2 Å². The average molecular weight is 480 g/mol. The molecule has 2 aromatic rings. The fourth-order valence-electron chi connectivity index (χ4n) is 3.98. The number of hydrogen-bond acceptors (Lipinski definition) is 5. The van der Waals surface area contributed by atoms with Crippen LogP contribution < -0.4 is 10.4 Å². The van der Waals surface area contributed by atoms with Crippen molar-refractivity contribution in [1.29, 1.82) is 0 Å². The lowest BCUT2D eigenvalue weighted by Crippen LogP contribution is -2.50. The number of halogens is 3. The largest absolute Gasteiger partial charge is 0.298 e. The Balaban J connectivity index is 1.67. The maximum atomic E-state index is 13.1. The van der Waals surface area contributed by atoms with E-state index in [2.05, 4.69) is 10.5 Å². The van der Waals surface area contributed by atoms with Gasteiger partial charge in [-0.1, -0.05) is 53.9 Å². The van der Waals surface area contributed by atoms with Gasteiger partial charge in [-0.3, -0.25) is 20.0 Å². The van der Waals surface area contributed by atoms with Crippen LogP contribution in [0.15, 0.2) is 47.6 Å². The van der Waals surface area contributed by atoms with Crippen molar-refractivity contribution in [3.05, 3.63) is 63.1 Å². The number of amides is 1. The number of hydrogen-bond donors (Lipinski definition) is 1. The summed E-state index contributed by atoms with van der Waals surface area (Å²) in [6.07, 6.45) is 1.27. The molecule has 162 valence electrons. The van der Waals surface area contributed by atoms with Crippen molar-refractivity contribution in [3.8, 4) is 0 Å². The summed E-state index contributed by atoms with van der Waals surface area (Å²) in [6, 6.07) is 12.4. The van der Waals surface area contributed by atoms with Gasteiger partial charge in [0.05, 0.1) is 23.3 Å². The smallest absolute Gasteiger partial charge is 0.282 e. The Morgan fingerprint density at radius 3 is 2.48 bits per heavy atom. The fourth-order valence-corrected chi connectivity index (χ4v) is 4.60. The molecule has 0 aliphatic carbocycles. The first-order valence-electron chi connectivity index (χ1n) is 9.99. The van der Waals surface area contributed by atoms with Crippen molar-refractivity contribution in [2.24, 2.45) is 11.0 Å². The number of nitrogens with one attached hydrogen (secondary N) is 1. The van der Waals surface area contributed by atoms with E-state index in [0.29, 0.717) is 39.4 Å². The van der Waals surface area contributed by atoms with Gasteiger partial charge in [0.25, 0.3) is 5.91 Å². The number of rotatable bonds is 4. The Morgan fingerprint density at radius 2 is 1.81 bits per heavy atom. The van der Waals surface area contributed by atoms with E-state index in [-0.39, 0.29) is 30.2 Å². The van der Waals surface area contributed by atoms with Gasteiger partial charge in [-0.25, -0.2) is 5.01 Å². The van der Waals surface area contributed by atoms with Crippen LogP contribution in [0.4, 0.5) is 5.69 Å². The minimum Gasteiger partial charge on any atom is -0.298 e. The lowest BCUT2D eigenvalue weighted by Gasteiger charge is -2.28. The zero-order chi connectivity index (χ0) is 22.1. The van der Waals surface area contributed by atoms with E-state index in [1.165, 1.54) is 0 Å². The van der Waals surface area contributed by atoms with Crippen LogP contribution in [0.1, 0.15) is 31.4 Å². The topological polar surface area (TPSA) is 65.0 Å². The van der Waals surface area contributed by atoms with E-state index in [4.69, 9.17) is 34.8 Å². The molecule has 1 saturated heterocycles. The SMILES string of the molecule is C[C@@H]1C(C(=O)NN2CCCC(=O)C2)=NN(c2ccc(Cl)cc2Cl)[C@@H]1c1ccc(Cl)cc1. The molecule has 0 aromatic heterocycles. The van der Waals surface area contributed by atoms with E-state index >= 15 is 0 Å². The standard InChI is InChI=1S/C22H21Cl3N4O2/c1-13-20(22(31)27-28-10-2-3-17(30)12-28)26-29(19-9-8-16(24)11-18(19)25)21(13)14-4-6-15(23)7-5-14/h4-9,11,13,21H,2-3,10,12H2,1H3,(H,27,31)/t13-,21+/m1/s1. The summed E-state index contributed by atoms with van der Waals surface area (Å²) in [5.41, 5.74) is 4.80. The van der Waals surface area contributed by atoms with Crippen molar-refractivity contribution in [1.82, 2.24) is 10.4 Å². The highest BCUT2D eigenvalue weighted by Crippen LogP contribution is 2.42. The number of nitrogens with zero attached hydrogens (tertiary/aromatic N) is 3. The average Bonchev–Trinajstić information content (AvgIpc) is 3.06. The van der Waals surface area contributed by atoms with Gasteiger partial charge in [0.15, 0.2) is 0 Å². The zero-order valence-electron chi connectivity index (χ0n) is 16.8. The molecule has 1 N–H and O–H groups in total. The first-order valence-corrected chi connectivity index (χ1v) is 11.1. The van der Waals surface area contributed by atoms with Crippen LogP contribution in [0.3, 0.4) is 0 Å². The summed E-state index contributed by atoms with van der Waals surface area (Å²) in [5, 5.41) is 9.64. The third-order valence-electron chi connectivity index (χ3n) is 5.50. The number of anilines is 1. The molecule has 0 saturated carbocycles. The van der Waals surface area contributed by atoms with Crippen molar-refractivity contribution in [3.63, 3.8) is 0 Å². The van der Waals surface area contributed by atoms with Gasteiger partial charge in [-0.2, -0.15) is 5.10 Å². The molecular weight excluding hydrogens is 459 g/mol. The molecule has 0 spiro atoms. The number of hydrazone groups is 1. The Bertz CT molecular complexity index is 1040. The van der Waals surface area contributed by atoms with Crippen LogP contribution in [-0.2, 0) is 9.59 Å². The van der Waals surface area contributed by atoms with Crippen molar-refractivity contribution in [2.75, 3.05) is 18.1 Å². The Kier molecular flexibility index (Phi) is 6.53. The lowest BCUT2D eigenvalue weighted by molar-refractivity contribution is -0.126. The van der Waals surface area contributed by atoms with Gasteiger partial charge in [0.1, 0.15) is 11.5 Å². The van der Waals surface area contributed by atoms with Crippen molar-refractivity contribution >= 4 is 57.9 Å². The van der Waals surface area contributed by atoms with E-state index < -0.39 is 0 Å². The first kappa shape index (κ1) is 22.1. The summed E-state index contributed by atoms with van der Waals surface area (Å²) in [7, 11) is 0. The Morgan fingerprint density at radius 1 is 1.10 bits per heavy atom. The van der Waals surface area contributed by atoms with Crippen LogP contribution in [0.2, 0.25) is 15.1 Å². The predicted molar refractivity (Wildman–Crippen MR) is 124 cm³/mol. The van der Waals surface area contributed by atoms with Gasteiger partial charge < -0.3 is 0 Å². The molecule has 1 fully saturated rings. The van der Waals surface area contributed by atoms with Crippen molar-refractivity contribution in [2.45, 2.75) is 25.8 Å². The number of hydrazine groups is 1. The highest BCUT2D eigenvalue weighted by atomic mass is 35.5. The van der Waals surface area contributed by atoms with Gasteiger partial charge in [-0.15, -0.1) is 0 Å². The van der Waals surface area contributed by atoms with E-state index in [9.17, 15) is 9.59 Å². The molecule has 2 aliphatic rings. The van der Waals surface area contributed by atoms with E-state index in [1.54, 1.807) is 28.2 Å². The quantitative estimate of drug-likeness (QED) is 0.678. The first-order chi connectivity index (χ1) is 14.8. The Hall–Kier alpha value is -2.12. The zero-order valence-corrected chi connectivity index (χ0v) is 19.1. The second-order valence-corrected chi connectivity index (χ2v) is 9.00. The maximum Gasteiger partial charge on any atom is 0.282 e. The molecule has 2 aromatic carbocycles. The molecular formula is C22H21Cl3N4O2. The number of ketones is 1. The van der Waals surface area contributed by atoms with Gasteiger partial charge in [-0.05, 0) is 42.3 Å². The van der Waals surface area contributed by atoms with Crippen molar-refractivity contribution < 1.29 is 9.59 Å². The molecule has 2 aliphatic heterocycles. The van der Waals surface area contributed by atoms with E-state index in [0.717, 1.165) is 12.0 Å². The third-order valence-corrected chi connectivity index (χ3v) is 6.28. The number of benzene rings is 2. The van der Waals surface area contributed by atoms with Crippen LogP contribution in [0, 0.1) is 5.92 Å². The molecule has 1 amide bonds. The molecule has 0 radical (unpaired) electrons. The summed E-state index contributed by atoms with van der Waals surface area (Å²) < 4.78 is 0. The third kappa shape index (κ3) is 4.72. The fraction of sp³-hybridized carbons (Fsp3) is 0.318. The molecule has 0 bridgehead atoms. The highest BCUT2D eigenvalue weighted by Gasteiger charge is 2.40. The van der Waals surface area contributed by atoms with Crippen LogP contribution in [0.25, 0.3) is 0 Å². The number of carbonyl (C=O) groups is 2. The molecule has 9 heteroatoms. The molecule has 6 nitrogen and oxygen atoms in total. The molecule has 2 heterocycles. The van der Waals surface area contributed by atoms with Gasteiger partial charge in [0, 0.05) is 28.9 Å². The predicted octanol–water partition coefficient (Wildman–Crippen LogP) is 4.90. The summed E-state index contributed by atoms with van der Waals surface area (Å²) in [4.78, 5) is 24.8. The second kappa shape index (κ2) is 9.17. The molecule has 31 heavy (non-hydrogen) atoms. The minimum absolute atomic E-state index is 0.113. The Labute approximate surface area is 195 Å². The van der Waals surface area contributed by atoms with Gasteiger partial charge >= 0.3 is 0 Å². The van der Waals surface area contributed by atoms with Crippen LogP contribution in [0.5, 0.6) is 0 Å². The summed E-state index contributed by atoms with van der Waals surface area (Å²) in [5.74, 6) is -0.455. The van der Waals surface area contributed by atoms with Crippen LogP contribution in [-0.4, -0.2) is 35.5 Å². The van der Waals surface area contributed by atoms with Crippen LogP contribution >= 0.6 is 34.8 Å². The highest BCUT2D eigenvalue weighted by molar-refractivity contribution is 6.41. The molecule has 4 rings (SSSR count). The number of piperidine rings is 1. The van der Waals surface area contributed by atoms with Gasteiger partial charge in [0.2, 0.25) is 0 Å². The number of Topliss-reactive ketones (excluding diaryl/α,β-unsaturated/α-hetero) is 1. The second-order valence-electron chi connectivity index (χ2n) is 7.72. The lowest BCUT2D eigenvalue weighted by atomic mass is 9.91. The summed E-state index contributed by atoms with van der Waals surface area (Å²) in [6.45, 7) is 2.79.